The van der Waals surface area contributed by atoms with Gasteiger partial charge in [0.05, 0.1) is 6.10 Å². The summed E-state index contributed by atoms with van der Waals surface area (Å²) in [4.78, 5) is 2.72. The normalized spacial score (nSPS) is 34.8. The Morgan fingerprint density at radius 3 is 2.71 bits per heavy atom. The van der Waals surface area contributed by atoms with Crippen molar-refractivity contribution in [2.24, 2.45) is 5.92 Å². The smallest absolute Gasteiger partial charge is 0.0612 e. The third-order valence-corrected chi connectivity index (χ3v) is 4.37. The van der Waals surface area contributed by atoms with Gasteiger partial charge >= 0.3 is 0 Å². The van der Waals surface area contributed by atoms with Gasteiger partial charge in [0.1, 0.15) is 0 Å². The van der Waals surface area contributed by atoms with Crippen LogP contribution >= 0.6 is 0 Å². The van der Waals surface area contributed by atoms with Crippen LogP contribution in [0.25, 0.3) is 0 Å². The second-order valence-corrected chi connectivity index (χ2v) is 5.81. The molecule has 0 amide bonds. The van der Waals surface area contributed by atoms with Gasteiger partial charge in [0, 0.05) is 25.2 Å². The molecule has 0 saturated carbocycles. The third kappa shape index (κ3) is 3.21. The molecule has 3 nitrogen and oxygen atoms in total. The summed E-state index contributed by atoms with van der Waals surface area (Å²) in [5.41, 5.74) is 0. The number of likely N-dealkylation sites (N-methyl/N-ethyl adjacent to an activating group) is 1. The highest BCUT2D eigenvalue weighted by atomic mass is 16.5. The molecule has 2 aliphatic heterocycles. The minimum Gasteiger partial charge on any atom is -0.378 e. The SMILES string of the molecule is CCN(C1CCNC1)C1CCOC(C(C)C)C1. The van der Waals surface area contributed by atoms with Crippen LogP contribution in [-0.2, 0) is 4.74 Å². The number of rotatable bonds is 4. The molecule has 2 rings (SSSR count). The van der Waals surface area contributed by atoms with E-state index in [9.17, 15) is 0 Å². The van der Waals surface area contributed by atoms with E-state index >= 15 is 0 Å². The molecular weight excluding hydrogens is 212 g/mol. The van der Waals surface area contributed by atoms with Crippen molar-refractivity contribution < 1.29 is 4.74 Å². The van der Waals surface area contributed by atoms with Crippen molar-refractivity contribution in [3.05, 3.63) is 0 Å². The standard InChI is InChI=1S/C14H28N2O/c1-4-16(13-5-7-15-10-13)12-6-8-17-14(9-12)11(2)3/h11-15H,4-10H2,1-3H3. The van der Waals surface area contributed by atoms with Gasteiger partial charge < -0.3 is 10.1 Å². The maximum atomic E-state index is 5.88. The Balaban J connectivity index is 1.93. The molecule has 2 heterocycles. The Labute approximate surface area is 106 Å². The maximum absolute atomic E-state index is 5.88. The van der Waals surface area contributed by atoms with Crippen molar-refractivity contribution in [3.63, 3.8) is 0 Å². The van der Waals surface area contributed by atoms with Crippen molar-refractivity contribution in [2.75, 3.05) is 26.2 Å². The molecular formula is C14H28N2O. The van der Waals surface area contributed by atoms with E-state index < -0.39 is 0 Å². The first kappa shape index (κ1) is 13.3. The molecule has 0 aromatic heterocycles. The Morgan fingerprint density at radius 2 is 2.12 bits per heavy atom. The van der Waals surface area contributed by atoms with Crippen molar-refractivity contribution in [3.8, 4) is 0 Å². The summed E-state index contributed by atoms with van der Waals surface area (Å²) in [5, 5.41) is 3.49. The second kappa shape index (κ2) is 6.17. The predicted molar refractivity (Wildman–Crippen MR) is 71.3 cm³/mol. The molecule has 0 aromatic rings. The first-order valence-corrected chi connectivity index (χ1v) is 7.30. The molecule has 3 atom stereocenters. The molecule has 2 aliphatic rings. The fourth-order valence-electron chi connectivity index (χ4n) is 3.31. The number of hydrogen-bond donors (Lipinski definition) is 1. The van der Waals surface area contributed by atoms with Crippen molar-refractivity contribution in [1.82, 2.24) is 10.2 Å². The van der Waals surface area contributed by atoms with Gasteiger partial charge in [-0.2, -0.15) is 0 Å². The van der Waals surface area contributed by atoms with Gasteiger partial charge in [-0.05, 0) is 38.3 Å². The minimum absolute atomic E-state index is 0.470. The Bertz CT molecular complexity index is 226. The van der Waals surface area contributed by atoms with Crippen LogP contribution in [0.15, 0.2) is 0 Å². The fraction of sp³-hybridized carbons (Fsp3) is 1.00. The highest BCUT2D eigenvalue weighted by Gasteiger charge is 2.32. The van der Waals surface area contributed by atoms with Crippen LogP contribution in [0, 0.1) is 5.92 Å². The molecule has 0 aliphatic carbocycles. The van der Waals surface area contributed by atoms with E-state index in [0.717, 1.165) is 18.7 Å². The Kier molecular flexibility index (Phi) is 4.83. The van der Waals surface area contributed by atoms with Crippen LogP contribution in [0.1, 0.15) is 40.0 Å². The van der Waals surface area contributed by atoms with Crippen LogP contribution in [0.3, 0.4) is 0 Å². The van der Waals surface area contributed by atoms with Crippen LogP contribution in [0.2, 0.25) is 0 Å². The Morgan fingerprint density at radius 1 is 1.29 bits per heavy atom. The van der Waals surface area contributed by atoms with Gasteiger partial charge in [-0.1, -0.05) is 20.8 Å². The first-order chi connectivity index (χ1) is 8.22. The second-order valence-electron chi connectivity index (χ2n) is 5.81. The largest absolute Gasteiger partial charge is 0.378 e. The van der Waals surface area contributed by atoms with E-state index in [1.165, 1.54) is 38.9 Å². The average Bonchev–Trinajstić information content (AvgIpc) is 2.84. The topological polar surface area (TPSA) is 24.5 Å². The summed E-state index contributed by atoms with van der Waals surface area (Å²) in [5.74, 6) is 0.651. The zero-order valence-corrected chi connectivity index (χ0v) is 11.6. The summed E-state index contributed by atoms with van der Waals surface area (Å²) < 4.78 is 5.88. The highest BCUT2D eigenvalue weighted by molar-refractivity contribution is 4.88. The number of nitrogens with zero attached hydrogens (tertiary/aromatic N) is 1. The van der Waals surface area contributed by atoms with Gasteiger partial charge in [0.15, 0.2) is 0 Å². The average molecular weight is 240 g/mol. The zero-order valence-electron chi connectivity index (χ0n) is 11.6. The summed E-state index contributed by atoms with van der Waals surface area (Å²) in [7, 11) is 0. The number of ether oxygens (including phenoxy) is 1. The summed E-state index contributed by atoms with van der Waals surface area (Å²) in [6, 6.07) is 1.50. The molecule has 3 unspecified atom stereocenters. The van der Waals surface area contributed by atoms with E-state index in [1.807, 2.05) is 0 Å². The third-order valence-electron chi connectivity index (χ3n) is 4.37. The molecule has 0 spiro atoms. The zero-order chi connectivity index (χ0) is 12.3. The summed E-state index contributed by atoms with van der Waals surface area (Å²) in [6.07, 6.45) is 4.23. The van der Waals surface area contributed by atoms with Crippen LogP contribution in [-0.4, -0.2) is 49.3 Å². The molecule has 2 fully saturated rings. The van der Waals surface area contributed by atoms with Crippen LogP contribution in [0.5, 0.6) is 0 Å². The minimum atomic E-state index is 0.470. The molecule has 2 saturated heterocycles. The number of nitrogens with one attached hydrogen (secondary N) is 1. The molecule has 17 heavy (non-hydrogen) atoms. The van der Waals surface area contributed by atoms with E-state index in [4.69, 9.17) is 4.74 Å². The predicted octanol–water partition coefficient (Wildman–Crippen LogP) is 1.87. The van der Waals surface area contributed by atoms with E-state index in [0.29, 0.717) is 12.0 Å². The molecule has 100 valence electrons. The molecule has 0 bridgehead atoms. The van der Waals surface area contributed by atoms with E-state index in [2.05, 4.69) is 31.0 Å². The van der Waals surface area contributed by atoms with Crippen LogP contribution < -0.4 is 5.32 Å². The first-order valence-electron chi connectivity index (χ1n) is 7.30. The van der Waals surface area contributed by atoms with Gasteiger partial charge in [-0.3, -0.25) is 4.90 Å². The lowest BCUT2D eigenvalue weighted by molar-refractivity contribution is -0.0538. The van der Waals surface area contributed by atoms with E-state index in [1.54, 1.807) is 0 Å². The van der Waals surface area contributed by atoms with Crippen molar-refractivity contribution in [2.45, 2.75) is 58.2 Å². The lowest BCUT2D eigenvalue weighted by Gasteiger charge is -2.41. The van der Waals surface area contributed by atoms with Gasteiger partial charge in [-0.25, -0.2) is 0 Å². The van der Waals surface area contributed by atoms with Crippen molar-refractivity contribution >= 4 is 0 Å². The van der Waals surface area contributed by atoms with Gasteiger partial charge in [0.2, 0.25) is 0 Å². The molecule has 0 radical (unpaired) electrons. The van der Waals surface area contributed by atoms with Crippen LogP contribution in [0.4, 0.5) is 0 Å². The molecule has 3 heteroatoms. The quantitative estimate of drug-likeness (QED) is 0.812. The maximum Gasteiger partial charge on any atom is 0.0612 e. The molecule has 0 aromatic carbocycles. The molecule has 1 N–H and O–H groups in total. The van der Waals surface area contributed by atoms with Gasteiger partial charge in [0.25, 0.3) is 0 Å². The summed E-state index contributed by atoms with van der Waals surface area (Å²) >= 11 is 0. The monoisotopic (exact) mass is 240 g/mol. The van der Waals surface area contributed by atoms with Gasteiger partial charge in [-0.15, -0.1) is 0 Å². The lowest BCUT2D eigenvalue weighted by atomic mass is 9.93. The lowest BCUT2D eigenvalue weighted by Crippen LogP contribution is -2.49. The summed E-state index contributed by atoms with van der Waals surface area (Å²) in [6.45, 7) is 11.4. The van der Waals surface area contributed by atoms with Crippen molar-refractivity contribution in [1.29, 1.82) is 0 Å². The highest BCUT2D eigenvalue weighted by Crippen LogP contribution is 2.26. The number of hydrogen-bond acceptors (Lipinski definition) is 3. The fourth-order valence-corrected chi connectivity index (χ4v) is 3.31. The van der Waals surface area contributed by atoms with E-state index in [-0.39, 0.29) is 0 Å². The Hall–Kier alpha value is -0.120.